The van der Waals surface area contributed by atoms with Crippen molar-refractivity contribution in [2.45, 2.75) is 26.3 Å². The molecular weight excluding hydrogens is 348 g/mol. The third kappa shape index (κ3) is 5.15. The standard InChI is InChI=1S/C16H22N2O6S/c1-11(2)8-18(12-5-7-25(22,23)10-12)14(19)9-24-16(21)13-4-3-6-17-15(13)20/h3-4,6,11-12H,5,7-10H2,1-2H3,(H,17,20)/t12-/m1/s1. The molecule has 0 aliphatic carbocycles. The number of carbonyl (C=O) groups is 2. The monoisotopic (exact) mass is 370 g/mol. The Labute approximate surface area is 146 Å². The fraction of sp³-hybridized carbons (Fsp3) is 0.562. The first-order chi connectivity index (χ1) is 11.7. The van der Waals surface area contributed by atoms with Gasteiger partial charge in [0.25, 0.3) is 11.5 Å². The van der Waals surface area contributed by atoms with Gasteiger partial charge in [0.2, 0.25) is 0 Å². The summed E-state index contributed by atoms with van der Waals surface area (Å²) in [5, 5.41) is 0. The molecule has 0 unspecified atom stereocenters. The Morgan fingerprint density at radius 1 is 1.40 bits per heavy atom. The molecule has 2 rings (SSSR count). The van der Waals surface area contributed by atoms with Crippen molar-refractivity contribution < 1.29 is 22.7 Å². The second-order valence-corrected chi connectivity index (χ2v) is 8.71. The minimum absolute atomic E-state index is 0.0543. The quantitative estimate of drug-likeness (QED) is 0.716. The van der Waals surface area contributed by atoms with Crippen molar-refractivity contribution in [1.29, 1.82) is 0 Å². The van der Waals surface area contributed by atoms with E-state index in [1.807, 2.05) is 13.8 Å². The van der Waals surface area contributed by atoms with Gasteiger partial charge in [-0.2, -0.15) is 0 Å². The van der Waals surface area contributed by atoms with E-state index in [9.17, 15) is 22.8 Å². The van der Waals surface area contributed by atoms with E-state index in [4.69, 9.17) is 4.74 Å². The number of hydrogen-bond donors (Lipinski definition) is 1. The van der Waals surface area contributed by atoms with E-state index in [2.05, 4.69) is 4.98 Å². The largest absolute Gasteiger partial charge is 0.452 e. The van der Waals surface area contributed by atoms with Crippen molar-refractivity contribution in [3.05, 3.63) is 34.2 Å². The van der Waals surface area contributed by atoms with E-state index in [0.29, 0.717) is 13.0 Å². The van der Waals surface area contributed by atoms with E-state index < -0.39 is 39.9 Å². The number of pyridine rings is 1. The number of sulfone groups is 1. The first kappa shape index (κ1) is 19.2. The van der Waals surface area contributed by atoms with Crippen molar-refractivity contribution in [2.75, 3.05) is 24.7 Å². The number of rotatable bonds is 6. The van der Waals surface area contributed by atoms with Crippen LogP contribution in [0.5, 0.6) is 0 Å². The molecule has 1 aromatic heterocycles. The van der Waals surface area contributed by atoms with Gasteiger partial charge in [-0.3, -0.25) is 9.59 Å². The molecule has 1 saturated heterocycles. The summed E-state index contributed by atoms with van der Waals surface area (Å²) < 4.78 is 28.3. The zero-order chi connectivity index (χ0) is 18.6. The van der Waals surface area contributed by atoms with Crippen LogP contribution in [0.25, 0.3) is 0 Å². The molecule has 1 N–H and O–H groups in total. The molecule has 138 valence electrons. The van der Waals surface area contributed by atoms with Crippen LogP contribution in [0, 0.1) is 5.92 Å². The van der Waals surface area contributed by atoms with Crippen LogP contribution < -0.4 is 5.56 Å². The maximum Gasteiger partial charge on any atom is 0.344 e. The molecular formula is C16H22N2O6S. The number of aromatic nitrogens is 1. The van der Waals surface area contributed by atoms with E-state index in [1.165, 1.54) is 23.2 Å². The Hall–Kier alpha value is -2.16. The number of carbonyl (C=O) groups excluding carboxylic acids is 2. The number of amides is 1. The highest BCUT2D eigenvalue weighted by molar-refractivity contribution is 7.91. The van der Waals surface area contributed by atoms with Crippen LogP contribution in [0.3, 0.4) is 0 Å². The van der Waals surface area contributed by atoms with Gasteiger partial charge in [0.05, 0.1) is 11.5 Å². The average Bonchev–Trinajstić information content (AvgIpc) is 2.90. The fourth-order valence-electron chi connectivity index (χ4n) is 2.74. The number of aromatic amines is 1. The van der Waals surface area contributed by atoms with Crippen molar-refractivity contribution in [1.82, 2.24) is 9.88 Å². The molecule has 2 heterocycles. The average molecular weight is 370 g/mol. The molecule has 0 radical (unpaired) electrons. The van der Waals surface area contributed by atoms with Gasteiger partial charge in [0, 0.05) is 18.8 Å². The Morgan fingerprint density at radius 2 is 2.12 bits per heavy atom. The van der Waals surface area contributed by atoms with E-state index in [0.717, 1.165) is 0 Å². The van der Waals surface area contributed by atoms with Crippen LogP contribution in [0.1, 0.15) is 30.6 Å². The molecule has 1 aromatic rings. The Balaban J connectivity index is 2.03. The lowest BCUT2D eigenvalue weighted by molar-refractivity contribution is -0.137. The van der Waals surface area contributed by atoms with Crippen molar-refractivity contribution >= 4 is 21.7 Å². The van der Waals surface area contributed by atoms with E-state index in [-0.39, 0.29) is 23.0 Å². The Morgan fingerprint density at radius 3 is 2.68 bits per heavy atom. The Bertz CT molecular complexity index is 799. The Kier molecular flexibility index (Phi) is 5.99. The van der Waals surface area contributed by atoms with Gasteiger partial charge in [-0.25, -0.2) is 13.2 Å². The minimum Gasteiger partial charge on any atom is -0.452 e. The van der Waals surface area contributed by atoms with Crippen LogP contribution >= 0.6 is 0 Å². The summed E-state index contributed by atoms with van der Waals surface area (Å²) >= 11 is 0. The SMILES string of the molecule is CC(C)CN(C(=O)COC(=O)c1ccc[nH]c1=O)[C@@H]1CCS(=O)(=O)C1. The zero-order valence-corrected chi connectivity index (χ0v) is 15.0. The van der Waals surface area contributed by atoms with Gasteiger partial charge in [0.1, 0.15) is 5.56 Å². The summed E-state index contributed by atoms with van der Waals surface area (Å²) in [7, 11) is -3.14. The van der Waals surface area contributed by atoms with Gasteiger partial charge in [0.15, 0.2) is 16.4 Å². The lowest BCUT2D eigenvalue weighted by atomic mass is 10.1. The third-order valence-electron chi connectivity index (χ3n) is 3.90. The first-order valence-electron chi connectivity index (χ1n) is 8.04. The predicted octanol–water partition coefficient (Wildman–Crippen LogP) is 0.203. The molecule has 8 nitrogen and oxygen atoms in total. The smallest absolute Gasteiger partial charge is 0.344 e. The molecule has 25 heavy (non-hydrogen) atoms. The van der Waals surface area contributed by atoms with Gasteiger partial charge in [-0.15, -0.1) is 0 Å². The lowest BCUT2D eigenvalue weighted by Gasteiger charge is -2.29. The molecule has 0 bridgehead atoms. The summed E-state index contributed by atoms with van der Waals surface area (Å²) in [5.41, 5.74) is -0.782. The maximum absolute atomic E-state index is 12.5. The highest BCUT2D eigenvalue weighted by atomic mass is 32.2. The number of ether oxygens (including phenoxy) is 1. The van der Waals surface area contributed by atoms with Crippen LogP contribution in [0.4, 0.5) is 0 Å². The number of nitrogens with one attached hydrogen (secondary N) is 1. The lowest BCUT2D eigenvalue weighted by Crippen LogP contribution is -2.45. The second kappa shape index (κ2) is 7.81. The fourth-order valence-corrected chi connectivity index (χ4v) is 4.47. The number of hydrogen-bond acceptors (Lipinski definition) is 6. The van der Waals surface area contributed by atoms with Crippen LogP contribution in [-0.2, 0) is 19.4 Å². The molecule has 0 aromatic carbocycles. The van der Waals surface area contributed by atoms with Crippen molar-refractivity contribution in [3.8, 4) is 0 Å². The van der Waals surface area contributed by atoms with Crippen LogP contribution in [-0.4, -0.2) is 60.9 Å². The van der Waals surface area contributed by atoms with Crippen molar-refractivity contribution in [3.63, 3.8) is 0 Å². The molecule has 1 amide bonds. The van der Waals surface area contributed by atoms with E-state index >= 15 is 0 Å². The molecule has 0 spiro atoms. The minimum atomic E-state index is -3.14. The summed E-state index contributed by atoms with van der Waals surface area (Å²) in [5.74, 6) is -1.23. The predicted molar refractivity (Wildman–Crippen MR) is 91.0 cm³/mol. The molecule has 9 heteroatoms. The number of nitrogens with zero attached hydrogens (tertiary/aromatic N) is 1. The van der Waals surface area contributed by atoms with Gasteiger partial charge < -0.3 is 14.6 Å². The number of esters is 1. The second-order valence-electron chi connectivity index (χ2n) is 6.49. The van der Waals surface area contributed by atoms with Crippen LogP contribution in [0.15, 0.2) is 23.1 Å². The summed E-state index contributed by atoms with van der Waals surface area (Å²) in [6.45, 7) is 3.68. The molecule has 1 atom stereocenters. The maximum atomic E-state index is 12.5. The van der Waals surface area contributed by atoms with Crippen molar-refractivity contribution in [2.24, 2.45) is 5.92 Å². The molecule has 1 aliphatic heterocycles. The van der Waals surface area contributed by atoms with E-state index in [1.54, 1.807) is 0 Å². The molecule has 0 saturated carbocycles. The van der Waals surface area contributed by atoms with Gasteiger partial charge in [-0.1, -0.05) is 13.8 Å². The zero-order valence-electron chi connectivity index (χ0n) is 14.2. The van der Waals surface area contributed by atoms with Gasteiger partial charge in [-0.05, 0) is 24.5 Å². The molecule has 1 aliphatic rings. The normalized spacial score (nSPS) is 18.9. The summed E-state index contributed by atoms with van der Waals surface area (Å²) in [6, 6.07) is 2.38. The van der Waals surface area contributed by atoms with Gasteiger partial charge >= 0.3 is 5.97 Å². The first-order valence-corrected chi connectivity index (χ1v) is 9.86. The summed E-state index contributed by atoms with van der Waals surface area (Å²) in [6.07, 6.45) is 1.77. The van der Waals surface area contributed by atoms with Crippen LogP contribution in [0.2, 0.25) is 0 Å². The topological polar surface area (TPSA) is 114 Å². The molecule has 1 fully saturated rings. The highest BCUT2D eigenvalue weighted by Gasteiger charge is 2.35. The third-order valence-corrected chi connectivity index (χ3v) is 5.65. The number of H-pyrrole nitrogens is 1. The highest BCUT2D eigenvalue weighted by Crippen LogP contribution is 2.19. The summed E-state index contributed by atoms with van der Waals surface area (Å²) in [4.78, 5) is 39.8.